The topological polar surface area (TPSA) is 33.4 Å². The van der Waals surface area contributed by atoms with Gasteiger partial charge in [0.2, 0.25) is 5.95 Å². The van der Waals surface area contributed by atoms with E-state index in [4.69, 9.17) is 0 Å². The number of hydrogen-bond donors (Lipinski definition) is 0. The molecule has 0 saturated carbocycles. The Morgan fingerprint density at radius 1 is 1.12 bits per heavy atom. The molecule has 0 N–H and O–H groups in total. The first-order chi connectivity index (χ1) is 8.34. The molecule has 0 unspecified atom stereocenters. The summed E-state index contributed by atoms with van der Waals surface area (Å²) < 4.78 is 2.07. The van der Waals surface area contributed by atoms with Crippen molar-refractivity contribution in [2.75, 3.05) is 18.0 Å². The normalized spacial score (nSPS) is 14.9. The third kappa shape index (κ3) is 2.25. The van der Waals surface area contributed by atoms with Crippen LogP contribution in [0.5, 0.6) is 0 Å². The Morgan fingerprint density at radius 3 is 2.53 bits per heavy atom. The van der Waals surface area contributed by atoms with Gasteiger partial charge < -0.3 is 4.90 Å². The highest BCUT2D eigenvalue weighted by Gasteiger charge is 2.17. The fourth-order valence-electron chi connectivity index (χ4n) is 2.11. The molecule has 17 heavy (non-hydrogen) atoms. The molecular weight excluding hydrogens is 212 g/mol. The van der Waals surface area contributed by atoms with Crippen LogP contribution < -0.4 is 4.90 Å². The van der Waals surface area contributed by atoms with Gasteiger partial charge in [-0.1, -0.05) is 13.8 Å². The molecule has 1 aliphatic rings. The first-order valence-corrected chi connectivity index (χ1v) is 6.41. The summed E-state index contributed by atoms with van der Waals surface area (Å²) in [6.45, 7) is 8.29. The number of fused-ring (bicyclic) bond motifs is 1. The molecule has 1 aliphatic heterocycles. The van der Waals surface area contributed by atoms with E-state index in [0.29, 0.717) is 0 Å². The monoisotopic (exact) mass is 232 g/mol. The van der Waals surface area contributed by atoms with Crippen LogP contribution in [0.1, 0.15) is 32.3 Å². The van der Waals surface area contributed by atoms with Crippen LogP contribution >= 0.6 is 0 Å². The molecule has 92 valence electrons. The first-order valence-electron chi connectivity index (χ1n) is 6.41. The number of aryl methyl sites for hydroxylation is 1. The van der Waals surface area contributed by atoms with Crippen LogP contribution in [0.2, 0.25) is 0 Å². The van der Waals surface area contributed by atoms with Crippen molar-refractivity contribution in [1.29, 1.82) is 0 Å². The zero-order chi connectivity index (χ0) is 12.3. The molecule has 0 bridgehead atoms. The maximum Gasteiger partial charge on any atom is 0.231 e. The number of aromatic nitrogens is 3. The predicted octanol–water partition coefficient (Wildman–Crippen LogP) is 2.66. The molecule has 0 atom stereocenters. The van der Waals surface area contributed by atoms with Crippen LogP contribution in [0, 0.1) is 6.92 Å². The summed E-state index contributed by atoms with van der Waals surface area (Å²) in [5.74, 6) is 0.988. The Balaban J connectivity index is 0.000000514. The molecular formula is C13H20N4. The summed E-state index contributed by atoms with van der Waals surface area (Å²) in [6.07, 6.45) is 4.58. The standard InChI is InChI=1S/C11H14N4.C2H6/c1-9-4-7-15-10(8-9)12-13-11(15)14-5-2-3-6-14;1-2/h4,7-8H,2-3,5-6H2,1H3;1-2H3. The minimum Gasteiger partial charge on any atom is -0.341 e. The van der Waals surface area contributed by atoms with E-state index < -0.39 is 0 Å². The van der Waals surface area contributed by atoms with E-state index >= 15 is 0 Å². The van der Waals surface area contributed by atoms with Gasteiger partial charge in [-0.25, -0.2) is 0 Å². The van der Waals surface area contributed by atoms with E-state index in [0.717, 1.165) is 24.7 Å². The lowest BCUT2D eigenvalue weighted by Crippen LogP contribution is -2.20. The Kier molecular flexibility index (Phi) is 3.61. The van der Waals surface area contributed by atoms with Gasteiger partial charge in [0.25, 0.3) is 0 Å². The van der Waals surface area contributed by atoms with E-state index in [1.807, 2.05) is 13.8 Å². The van der Waals surface area contributed by atoms with Crippen molar-refractivity contribution in [2.24, 2.45) is 0 Å². The molecule has 2 aromatic heterocycles. The lowest BCUT2D eigenvalue weighted by molar-refractivity contribution is 0.884. The number of nitrogens with zero attached hydrogens (tertiary/aromatic N) is 4. The second-order valence-corrected chi connectivity index (χ2v) is 4.13. The van der Waals surface area contributed by atoms with Gasteiger partial charge in [0.15, 0.2) is 5.65 Å². The van der Waals surface area contributed by atoms with Crippen molar-refractivity contribution < 1.29 is 0 Å². The zero-order valence-electron chi connectivity index (χ0n) is 10.8. The van der Waals surface area contributed by atoms with Gasteiger partial charge in [-0.15, -0.1) is 10.2 Å². The summed E-state index contributed by atoms with van der Waals surface area (Å²) in [5.41, 5.74) is 2.17. The maximum atomic E-state index is 4.26. The molecule has 0 aromatic carbocycles. The van der Waals surface area contributed by atoms with Gasteiger partial charge in [0, 0.05) is 19.3 Å². The molecule has 2 aromatic rings. The molecule has 0 aliphatic carbocycles. The Labute approximate surface area is 102 Å². The van der Waals surface area contributed by atoms with Crippen molar-refractivity contribution in [2.45, 2.75) is 33.6 Å². The summed E-state index contributed by atoms with van der Waals surface area (Å²) >= 11 is 0. The van der Waals surface area contributed by atoms with Crippen molar-refractivity contribution in [3.63, 3.8) is 0 Å². The Bertz CT molecular complexity index is 483. The lowest BCUT2D eigenvalue weighted by Gasteiger charge is -2.13. The van der Waals surface area contributed by atoms with E-state index in [1.54, 1.807) is 0 Å². The van der Waals surface area contributed by atoms with Crippen molar-refractivity contribution in [3.8, 4) is 0 Å². The molecule has 4 heteroatoms. The second kappa shape index (κ2) is 5.17. The van der Waals surface area contributed by atoms with Gasteiger partial charge in [-0.2, -0.15) is 0 Å². The van der Waals surface area contributed by atoms with Crippen molar-refractivity contribution >= 4 is 11.6 Å². The quantitative estimate of drug-likeness (QED) is 0.758. The van der Waals surface area contributed by atoms with Crippen LogP contribution in [-0.4, -0.2) is 27.7 Å². The minimum absolute atomic E-state index is 0.942. The Morgan fingerprint density at radius 2 is 1.82 bits per heavy atom. The third-order valence-corrected chi connectivity index (χ3v) is 2.94. The fourth-order valence-corrected chi connectivity index (χ4v) is 2.11. The van der Waals surface area contributed by atoms with Gasteiger partial charge in [-0.3, -0.25) is 4.40 Å². The Hall–Kier alpha value is -1.58. The molecule has 0 amide bonds. The van der Waals surface area contributed by atoms with Gasteiger partial charge in [0.05, 0.1) is 0 Å². The molecule has 3 rings (SSSR count). The smallest absolute Gasteiger partial charge is 0.231 e. The summed E-state index contributed by atoms with van der Waals surface area (Å²) in [4.78, 5) is 2.30. The zero-order valence-corrected chi connectivity index (χ0v) is 10.8. The largest absolute Gasteiger partial charge is 0.341 e. The minimum atomic E-state index is 0.942. The van der Waals surface area contributed by atoms with E-state index in [2.05, 4.69) is 44.8 Å². The van der Waals surface area contributed by atoms with Gasteiger partial charge in [-0.05, 0) is 37.5 Å². The first kappa shape index (κ1) is 11.9. The van der Waals surface area contributed by atoms with E-state index in [-0.39, 0.29) is 0 Å². The van der Waals surface area contributed by atoms with Crippen LogP contribution in [0.3, 0.4) is 0 Å². The summed E-state index contributed by atoms with van der Waals surface area (Å²) in [5, 5.41) is 8.45. The highest BCUT2D eigenvalue weighted by Crippen LogP contribution is 2.19. The number of hydrogen-bond acceptors (Lipinski definition) is 3. The van der Waals surface area contributed by atoms with Crippen LogP contribution in [0.15, 0.2) is 18.3 Å². The van der Waals surface area contributed by atoms with E-state index in [9.17, 15) is 0 Å². The lowest BCUT2D eigenvalue weighted by atomic mass is 10.3. The van der Waals surface area contributed by atoms with Crippen LogP contribution in [0.25, 0.3) is 5.65 Å². The van der Waals surface area contributed by atoms with Gasteiger partial charge >= 0.3 is 0 Å². The molecule has 0 spiro atoms. The third-order valence-electron chi connectivity index (χ3n) is 2.94. The summed E-state index contributed by atoms with van der Waals surface area (Å²) in [6, 6.07) is 4.16. The molecule has 3 heterocycles. The maximum absolute atomic E-state index is 4.26. The van der Waals surface area contributed by atoms with Crippen molar-refractivity contribution in [3.05, 3.63) is 23.9 Å². The number of anilines is 1. The van der Waals surface area contributed by atoms with Crippen LogP contribution in [-0.2, 0) is 0 Å². The number of pyridine rings is 1. The highest BCUT2D eigenvalue weighted by molar-refractivity contribution is 5.48. The van der Waals surface area contributed by atoms with Crippen LogP contribution in [0.4, 0.5) is 5.95 Å². The molecule has 1 fully saturated rings. The second-order valence-electron chi connectivity index (χ2n) is 4.13. The highest BCUT2D eigenvalue weighted by atomic mass is 15.4. The fraction of sp³-hybridized carbons (Fsp3) is 0.538. The average Bonchev–Trinajstić information content (AvgIpc) is 2.98. The summed E-state index contributed by atoms with van der Waals surface area (Å²) in [7, 11) is 0. The average molecular weight is 232 g/mol. The molecule has 4 nitrogen and oxygen atoms in total. The molecule has 1 saturated heterocycles. The van der Waals surface area contributed by atoms with Crippen molar-refractivity contribution in [1.82, 2.24) is 14.6 Å². The van der Waals surface area contributed by atoms with Gasteiger partial charge in [0.1, 0.15) is 0 Å². The predicted molar refractivity (Wildman–Crippen MR) is 70.5 cm³/mol. The number of rotatable bonds is 1. The SMILES string of the molecule is CC.Cc1ccn2c(N3CCCC3)nnc2c1. The molecule has 0 radical (unpaired) electrons. The van der Waals surface area contributed by atoms with E-state index in [1.165, 1.54) is 18.4 Å².